The zero-order chi connectivity index (χ0) is 18.7. The van der Waals surface area contributed by atoms with Gasteiger partial charge in [0.05, 0.1) is 18.2 Å². The van der Waals surface area contributed by atoms with Gasteiger partial charge in [-0.25, -0.2) is 4.79 Å². The largest absolute Gasteiger partial charge is 0.481 e. The summed E-state index contributed by atoms with van der Waals surface area (Å²) in [4.78, 5) is 25.1. The number of para-hydroxylation sites is 1. The Balaban J connectivity index is 1.99. The molecule has 134 valence electrons. The van der Waals surface area contributed by atoms with Gasteiger partial charge >= 0.3 is 5.97 Å². The summed E-state index contributed by atoms with van der Waals surface area (Å²) in [5.41, 5.74) is 0.972. The molecule has 3 rings (SSSR count). The first-order chi connectivity index (χ1) is 12.5. The molecule has 1 aromatic heterocycles. The van der Waals surface area contributed by atoms with E-state index >= 15 is 0 Å². The van der Waals surface area contributed by atoms with Crippen molar-refractivity contribution in [1.29, 1.82) is 0 Å². The zero-order valence-corrected chi connectivity index (χ0v) is 15.2. The smallest absolute Gasteiger partial charge is 0.340 e. The SMILES string of the molecule is CC[C@@H](Oc1cccc(Cl)c1)C(=O)n1cc(C(=O)OC)c2ccccc21. The first-order valence-corrected chi connectivity index (χ1v) is 8.57. The number of carbonyl (C=O) groups excluding carboxylic acids is 2. The minimum absolute atomic E-state index is 0.265. The Hall–Kier alpha value is -2.79. The Labute approximate surface area is 156 Å². The molecule has 0 amide bonds. The van der Waals surface area contributed by atoms with Crippen molar-refractivity contribution < 1.29 is 19.1 Å². The Kier molecular flexibility index (Phi) is 5.28. The minimum Gasteiger partial charge on any atom is -0.481 e. The first-order valence-electron chi connectivity index (χ1n) is 8.20. The number of nitrogens with zero attached hydrogens (tertiary/aromatic N) is 1. The van der Waals surface area contributed by atoms with Crippen LogP contribution >= 0.6 is 11.6 Å². The summed E-state index contributed by atoms with van der Waals surface area (Å²) in [5, 5.41) is 1.19. The number of fused-ring (bicyclic) bond motifs is 1. The second-order valence-corrected chi connectivity index (χ2v) is 6.17. The van der Waals surface area contributed by atoms with Crippen LogP contribution in [0, 0.1) is 0 Å². The van der Waals surface area contributed by atoms with Gasteiger partial charge in [-0.2, -0.15) is 0 Å². The van der Waals surface area contributed by atoms with Crippen LogP contribution < -0.4 is 4.74 Å². The number of rotatable bonds is 5. The predicted molar refractivity (Wildman–Crippen MR) is 100 cm³/mol. The maximum Gasteiger partial charge on any atom is 0.340 e. The van der Waals surface area contributed by atoms with Crippen LogP contribution in [0.3, 0.4) is 0 Å². The molecule has 0 fully saturated rings. The lowest BCUT2D eigenvalue weighted by Gasteiger charge is -2.17. The van der Waals surface area contributed by atoms with Crippen molar-refractivity contribution in [3.8, 4) is 5.75 Å². The third-order valence-electron chi connectivity index (χ3n) is 4.08. The van der Waals surface area contributed by atoms with E-state index in [0.717, 1.165) is 0 Å². The highest BCUT2D eigenvalue weighted by Crippen LogP contribution is 2.24. The average molecular weight is 372 g/mol. The van der Waals surface area contributed by atoms with Crippen LogP contribution in [-0.4, -0.2) is 29.7 Å². The molecule has 0 unspecified atom stereocenters. The highest BCUT2D eigenvalue weighted by molar-refractivity contribution is 6.30. The van der Waals surface area contributed by atoms with Crippen molar-refractivity contribution in [3.05, 3.63) is 65.3 Å². The lowest BCUT2D eigenvalue weighted by atomic mass is 10.2. The highest BCUT2D eigenvalue weighted by Gasteiger charge is 2.25. The van der Waals surface area contributed by atoms with Gasteiger partial charge in [0, 0.05) is 16.6 Å². The molecular weight excluding hydrogens is 354 g/mol. The van der Waals surface area contributed by atoms with Gasteiger partial charge in [0.15, 0.2) is 6.10 Å². The standard InChI is InChI=1S/C20H18ClNO4/c1-3-18(26-14-8-6-7-13(21)11-14)19(23)22-12-16(20(24)25-2)15-9-4-5-10-17(15)22/h4-12,18H,3H2,1-2H3/t18-/m1/s1. The van der Waals surface area contributed by atoms with Crippen molar-refractivity contribution in [2.24, 2.45) is 0 Å². The maximum absolute atomic E-state index is 13.1. The Morgan fingerprint density at radius 2 is 1.92 bits per heavy atom. The third-order valence-corrected chi connectivity index (χ3v) is 4.31. The molecule has 0 bridgehead atoms. The minimum atomic E-state index is -0.713. The third kappa shape index (κ3) is 3.44. The fourth-order valence-electron chi connectivity index (χ4n) is 2.80. The number of ether oxygens (including phenoxy) is 2. The van der Waals surface area contributed by atoms with Crippen LogP contribution in [0.15, 0.2) is 54.7 Å². The Bertz CT molecular complexity index is 963. The first kappa shape index (κ1) is 18.0. The zero-order valence-electron chi connectivity index (χ0n) is 14.4. The predicted octanol–water partition coefficient (Wildman–Crippen LogP) is 4.58. The van der Waals surface area contributed by atoms with Gasteiger partial charge in [-0.1, -0.05) is 42.8 Å². The lowest BCUT2D eigenvalue weighted by Crippen LogP contribution is -2.31. The number of hydrogen-bond acceptors (Lipinski definition) is 4. The summed E-state index contributed by atoms with van der Waals surface area (Å²) in [6, 6.07) is 14.1. The quantitative estimate of drug-likeness (QED) is 0.616. The molecule has 0 saturated carbocycles. The van der Waals surface area contributed by atoms with Gasteiger partial charge in [-0.3, -0.25) is 9.36 Å². The van der Waals surface area contributed by atoms with Crippen molar-refractivity contribution in [2.75, 3.05) is 7.11 Å². The molecule has 0 radical (unpaired) electrons. The molecule has 2 aromatic carbocycles. The molecule has 6 heteroatoms. The molecule has 0 aliphatic heterocycles. The second kappa shape index (κ2) is 7.62. The summed E-state index contributed by atoms with van der Waals surface area (Å²) in [6.07, 6.45) is 1.25. The maximum atomic E-state index is 13.1. The van der Waals surface area contributed by atoms with E-state index in [1.807, 2.05) is 19.1 Å². The molecule has 1 atom stereocenters. The summed E-state index contributed by atoms with van der Waals surface area (Å²) in [5.74, 6) is -0.238. The van der Waals surface area contributed by atoms with Crippen molar-refractivity contribution >= 4 is 34.4 Å². The van der Waals surface area contributed by atoms with E-state index in [1.165, 1.54) is 17.9 Å². The van der Waals surface area contributed by atoms with Crippen molar-refractivity contribution in [2.45, 2.75) is 19.4 Å². The second-order valence-electron chi connectivity index (χ2n) is 5.73. The Morgan fingerprint density at radius 1 is 1.15 bits per heavy atom. The highest BCUT2D eigenvalue weighted by atomic mass is 35.5. The van der Waals surface area contributed by atoms with E-state index in [2.05, 4.69) is 0 Å². The topological polar surface area (TPSA) is 57.5 Å². The molecule has 0 aliphatic rings. The lowest BCUT2D eigenvalue weighted by molar-refractivity contribution is 0.0602. The van der Waals surface area contributed by atoms with E-state index in [9.17, 15) is 9.59 Å². The van der Waals surface area contributed by atoms with E-state index in [1.54, 1.807) is 36.4 Å². The summed E-state index contributed by atoms with van der Waals surface area (Å²) >= 11 is 5.98. The van der Waals surface area contributed by atoms with Crippen LogP contribution in [0.5, 0.6) is 5.75 Å². The molecule has 0 N–H and O–H groups in total. The number of benzene rings is 2. The monoisotopic (exact) mass is 371 g/mol. The van der Waals surface area contributed by atoms with E-state index in [-0.39, 0.29) is 5.91 Å². The van der Waals surface area contributed by atoms with Gasteiger partial charge in [0.2, 0.25) is 0 Å². The molecular formula is C20H18ClNO4. The normalized spacial score (nSPS) is 12.0. The van der Waals surface area contributed by atoms with E-state index in [0.29, 0.717) is 33.7 Å². The molecule has 5 nitrogen and oxygen atoms in total. The van der Waals surface area contributed by atoms with Crippen LogP contribution in [-0.2, 0) is 4.74 Å². The van der Waals surface area contributed by atoms with E-state index in [4.69, 9.17) is 21.1 Å². The Morgan fingerprint density at radius 3 is 2.62 bits per heavy atom. The molecule has 0 saturated heterocycles. The summed E-state index contributed by atoms with van der Waals surface area (Å²) in [6.45, 7) is 1.86. The molecule has 0 spiro atoms. The van der Waals surface area contributed by atoms with Gasteiger partial charge in [0.1, 0.15) is 5.75 Å². The fourth-order valence-corrected chi connectivity index (χ4v) is 2.98. The summed E-state index contributed by atoms with van der Waals surface area (Å²) < 4.78 is 12.1. The molecule has 0 aliphatic carbocycles. The van der Waals surface area contributed by atoms with Crippen LogP contribution in [0.4, 0.5) is 0 Å². The van der Waals surface area contributed by atoms with Gasteiger partial charge in [-0.15, -0.1) is 0 Å². The average Bonchev–Trinajstić information content (AvgIpc) is 3.05. The number of esters is 1. The van der Waals surface area contributed by atoms with Crippen molar-refractivity contribution in [1.82, 2.24) is 4.57 Å². The number of methoxy groups -OCH3 is 1. The van der Waals surface area contributed by atoms with Gasteiger partial charge in [0.25, 0.3) is 5.91 Å². The molecule has 26 heavy (non-hydrogen) atoms. The number of carbonyl (C=O) groups is 2. The van der Waals surface area contributed by atoms with Crippen LogP contribution in [0.25, 0.3) is 10.9 Å². The molecule has 3 aromatic rings. The number of hydrogen-bond donors (Lipinski definition) is 0. The van der Waals surface area contributed by atoms with E-state index < -0.39 is 12.1 Å². The summed E-state index contributed by atoms with van der Waals surface area (Å²) in [7, 11) is 1.31. The van der Waals surface area contributed by atoms with Crippen LogP contribution in [0.2, 0.25) is 5.02 Å². The fraction of sp³-hybridized carbons (Fsp3) is 0.200. The van der Waals surface area contributed by atoms with Gasteiger partial charge in [-0.05, 0) is 30.7 Å². The van der Waals surface area contributed by atoms with Crippen LogP contribution in [0.1, 0.15) is 28.5 Å². The molecule has 1 heterocycles. The van der Waals surface area contributed by atoms with Crippen molar-refractivity contribution in [3.63, 3.8) is 0 Å². The van der Waals surface area contributed by atoms with Gasteiger partial charge < -0.3 is 9.47 Å². The number of halogens is 1. The number of aromatic nitrogens is 1.